The first-order chi connectivity index (χ1) is 14.0. The first kappa shape index (κ1) is 23.5. The summed E-state index contributed by atoms with van der Waals surface area (Å²) in [4.78, 5) is 23.0. The molecule has 6 nitrogen and oxygen atoms in total. The van der Waals surface area contributed by atoms with Crippen molar-refractivity contribution < 1.29 is 32.4 Å². The number of nitrogens with zero attached hydrogens (tertiary/aromatic N) is 1. The number of carbonyl (C=O) groups excluding carboxylic acids is 1. The Morgan fingerprint density at radius 1 is 1.23 bits per heavy atom. The van der Waals surface area contributed by atoms with E-state index in [0.717, 1.165) is 17.7 Å². The number of rotatable bonds is 8. The van der Waals surface area contributed by atoms with Gasteiger partial charge in [0.1, 0.15) is 11.0 Å². The van der Waals surface area contributed by atoms with Gasteiger partial charge in [-0.2, -0.15) is 13.2 Å². The molecule has 0 N–H and O–H groups in total. The zero-order valence-electron chi connectivity index (χ0n) is 16.5. The number of aryl methyl sites for hydroxylation is 1. The van der Waals surface area contributed by atoms with Gasteiger partial charge in [-0.15, -0.1) is 11.8 Å². The molecule has 0 fully saturated rings. The van der Waals surface area contributed by atoms with Crippen LogP contribution in [0.2, 0.25) is 0 Å². The predicted molar refractivity (Wildman–Crippen MR) is 106 cm³/mol. The zero-order chi connectivity index (χ0) is 22.5. The van der Waals surface area contributed by atoms with Gasteiger partial charge in [0.25, 0.3) is 0 Å². The Balaban J connectivity index is 2.27. The molecule has 2 aromatic rings. The number of hydrogen-bond acceptors (Lipinski definition) is 6. The SMILES string of the molecule is CCCOC(=O)C(C)Sc1cc(Oc2ccc(C(F)(F)F)cc2[N+](=O)[O-])ccc1C. The summed E-state index contributed by atoms with van der Waals surface area (Å²) < 4.78 is 49.2. The minimum Gasteiger partial charge on any atom is -0.465 e. The van der Waals surface area contributed by atoms with E-state index in [4.69, 9.17) is 9.47 Å². The summed E-state index contributed by atoms with van der Waals surface area (Å²) in [6.07, 6.45) is -4.00. The molecule has 0 bridgehead atoms. The molecule has 0 aliphatic carbocycles. The molecule has 0 spiro atoms. The van der Waals surface area contributed by atoms with Crippen LogP contribution in [0.4, 0.5) is 18.9 Å². The summed E-state index contributed by atoms with van der Waals surface area (Å²) >= 11 is 1.23. The van der Waals surface area contributed by atoms with Crippen molar-refractivity contribution in [3.05, 3.63) is 57.6 Å². The Kier molecular flexibility index (Phi) is 7.71. The lowest BCUT2D eigenvalue weighted by Crippen LogP contribution is -2.17. The summed E-state index contributed by atoms with van der Waals surface area (Å²) in [7, 11) is 0. The van der Waals surface area contributed by atoms with E-state index < -0.39 is 27.6 Å². The van der Waals surface area contributed by atoms with Crippen LogP contribution in [-0.2, 0) is 15.7 Å². The van der Waals surface area contributed by atoms with Crippen LogP contribution < -0.4 is 4.74 Å². The van der Waals surface area contributed by atoms with Crippen LogP contribution >= 0.6 is 11.8 Å². The van der Waals surface area contributed by atoms with E-state index in [1.54, 1.807) is 25.1 Å². The van der Waals surface area contributed by atoms with Gasteiger partial charge in [-0.25, -0.2) is 0 Å². The van der Waals surface area contributed by atoms with Gasteiger partial charge in [0.05, 0.1) is 17.1 Å². The smallest absolute Gasteiger partial charge is 0.416 e. The molecular formula is C20H20F3NO5S. The summed E-state index contributed by atoms with van der Waals surface area (Å²) in [6, 6.07) is 6.88. The van der Waals surface area contributed by atoms with Crippen molar-refractivity contribution in [2.24, 2.45) is 0 Å². The fourth-order valence-corrected chi connectivity index (χ4v) is 3.36. The second kappa shape index (κ2) is 9.84. The standard InChI is InChI=1S/C20H20F3NO5S/c1-4-9-28-19(25)13(3)30-18-11-15(7-5-12(18)2)29-17-8-6-14(20(21,22)23)10-16(17)24(26)27/h5-8,10-11,13H,4,9H2,1-3H3. The molecule has 0 heterocycles. The van der Waals surface area contributed by atoms with Gasteiger partial charge < -0.3 is 9.47 Å². The summed E-state index contributed by atoms with van der Waals surface area (Å²) in [6.45, 7) is 5.72. The van der Waals surface area contributed by atoms with Crippen LogP contribution in [0.3, 0.4) is 0 Å². The monoisotopic (exact) mass is 443 g/mol. The third-order valence-corrected chi connectivity index (χ3v) is 5.19. The van der Waals surface area contributed by atoms with E-state index >= 15 is 0 Å². The highest BCUT2D eigenvalue weighted by atomic mass is 32.2. The van der Waals surface area contributed by atoms with Gasteiger partial charge in [0.15, 0.2) is 0 Å². The molecule has 0 aliphatic heterocycles. The summed E-state index contributed by atoms with van der Waals surface area (Å²) in [5.74, 6) is -0.491. The van der Waals surface area contributed by atoms with Gasteiger partial charge in [-0.05, 0) is 50.1 Å². The Labute approximate surface area is 175 Å². The van der Waals surface area contributed by atoms with E-state index in [-0.39, 0.29) is 17.5 Å². The van der Waals surface area contributed by atoms with E-state index in [9.17, 15) is 28.1 Å². The molecule has 0 aliphatic rings. The molecule has 1 unspecified atom stereocenters. The normalized spacial score (nSPS) is 12.3. The van der Waals surface area contributed by atoms with Gasteiger partial charge >= 0.3 is 17.8 Å². The molecule has 1 atom stereocenters. The number of nitro benzene ring substituents is 1. The number of ether oxygens (including phenoxy) is 2. The number of nitro groups is 1. The molecule has 0 saturated carbocycles. The highest BCUT2D eigenvalue weighted by Gasteiger charge is 2.33. The number of alkyl halides is 3. The van der Waals surface area contributed by atoms with Crippen LogP contribution in [0.5, 0.6) is 11.5 Å². The Morgan fingerprint density at radius 2 is 1.93 bits per heavy atom. The second-order valence-electron chi connectivity index (χ2n) is 6.39. The summed E-state index contributed by atoms with van der Waals surface area (Å²) in [5.41, 5.74) is -1.10. The second-order valence-corrected chi connectivity index (χ2v) is 7.78. The molecule has 10 heteroatoms. The first-order valence-electron chi connectivity index (χ1n) is 9.00. The maximum atomic E-state index is 12.8. The van der Waals surface area contributed by atoms with Crippen molar-refractivity contribution in [1.29, 1.82) is 0 Å². The lowest BCUT2D eigenvalue weighted by atomic mass is 10.2. The number of esters is 1. The first-order valence-corrected chi connectivity index (χ1v) is 9.88. The molecule has 0 radical (unpaired) electrons. The van der Waals surface area contributed by atoms with E-state index in [2.05, 4.69) is 0 Å². The van der Waals surface area contributed by atoms with Crippen molar-refractivity contribution in [1.82, 2.24) is 0 Å². The lowest BCUT2D eigenvalue weighted by molar-refractivity contribution is -0.385. The van der Waals surface area contributed by atoms with E-state index in [1.165, 1.54) is 11.8 Å². The average Bonchev–Trinajstić information content (AvgIpc) is 2.67. The van der Waals surface area contributed by atoms with Crippen molar-refractivity contribution in [3.63, 3.8) is 0 Å². The van der Waals surface area contributed by atoms with Gasteiger partial charge in [-0.3, -0.25) is 14.9 Å². The topological polar surface area (TPSA) is 78.7 Å². The number of hydrogen-bond donors (Lipinski definition) is 0. The van der Waals surface area contributed by atoms with Crippen molar-refractivity contribution in [2.75, 3.05) is 6.61 Å². The minimum absolute atomic E-state index is 0.195. The Bertz CT molecular complexity index is 933. The van der Waals surface area contributed by atoms with Crippen LogP contribution in [0.25, 0.3) is 0 Å². The third-order valence-electron chi connectivity index (χ3n) is 3.95. The van der Waals surface area contributed by atoms with E-state index in [1.807, 2.05) is 13.8 Å². The molecule has 2 rings (SSSR count). The molecule has 0 saturated heterocycles. The number of halogens is 3. The van der Waals surface area contributed by atoms with Gasteiger partial charge in [0, 0.05) is 11.0 Å². The minimum atomic E-state index is -4.71. The molecule has 2 aromatic carbocycles. The number of carbonyl (C=O) groups is 1. The Morgan fingerprint density at radius 3 is 2.53 bits per heavy atom. The van der Waals surface area contributed by atoms with Crippen LogP contribution in [0.1, 0.15) is 31.4 Å². The highest BCUT2D eigenvalue weighted by molar-refractivity contribution is 8.00. The largest absolute Gasteiger partial charge is 0.465 e. The quantitative estimate of drug-likeness (QED) is 0.211. The molecule has 30 heavy (non-hydrogen) atoms. The van der Waals surface area contributed by atoms with Gasteiger partial charge in [0.2, 0.25) is 5.75 Å². The predicted octanol–water partition coefficient (Wildman–Crippen LogP) is 6.15. The third kappa shape index (κ3) is 6.12. The fourth-order valence-electron chi connectivity index (χ4n) is 2.38. The van der Waals surface area contributed by atoms with Crippen LogP contribution in [0.15, 0.2) is 41.3 Å². The van der Waals surface area contributed by atoms with Crippen molar-refractivity contribution >= 4 is 23.4 Å². The van der Waals surface area contributed by atoms with Crippen molar-refractivity contribution in [2.45, 2.75) is 43.5 Å². The molecule has 0 aromatic heterocycles. The lowest BCUT2D eigenvalue weighted by Gasteiger charge is -2.14. The molecular weight excluding hydrogens is 423 g/mol. The molecule has 0 amide bonds. The Hall–Kier alpha value is -2.75. The maximum absolute atomic E-state index is 12.8. The maximum Gasteiger partial charge on any atom is 0.416 e. The van der Waals surface area contributed by atoms with E-state index in [0.29, 0.717) is 24.0 Å². The number of benzene rings is 2. The highest BCUT2D eigenvalue weighted by Crippen LogP contribution is 2.39. The van der Waals surface area contributed by atoms with Crippen LogP contribution in [0, 0.1) is 17.0 Å². The fraction of sp³-hybridized carbons (Fsp3) is 0.350. The zero-order valence-corrected chi connectivity index (χ0v) is 17.3. The number of thioether (sulfide) groups is 1. The van der Waals surface area contributed by atoms with Crippen LogP contribution in [-0.4, -0.2) is 22.7 Å². The van der Waals surface area contributed by atoms with Crippen molar-refractivity contribution in [3.8, 4) is 11.5 Å². The summed E-state index contributed by atoms with van der Waals surface area (Å²) in [5, 5.41) is 10.7. The van der Waals surface area contributed by atoms with Gasteiger partial charge in [-0.1, -0.05) is 13.0 Å². The molecule has 162 valence electrons. The average molecular weight is 443 g/mol.